The topological polar surface area (TPSA) is 89.0 Å². The van der Waals surface area contributed by atoms with E-state index in [9.17, 15) is 9.50 Å². The molecule has 1 aliphatic heterocycles. The number of hydrogen-bond acceptors (Lipinski definition) is 8. The Balaban J connectivity index is 1.46. The summed E-state index contributed by atoms with van der Waals surface area (Å²) in [4.78, 5) is 11.1. The number of benzene rings is 2. The van der Waals surface area contributed by atoms with Crippen LogP contribution in [-0.2, 0) is 4.74 Å². The molecular formula is C25H31FN4O4. The average molecular weight is 471 g/mol. The molecule has 0 unspecified atom stereocenters. The lowest BCUT2D eigenvalue weighted by Gasteiger charge is -2.31. The summed E-state index contributed by atoms with van der Waals surface area (Å²) in [7, 11) is 3.35. The second-order valence-electron chi connectivity index (χ2n) is 8.41. The molecule has 3 aromatic rings. The summed E-state index contributed by atoms with van der Waals surface area (Å²) in [6.07, 6.45) is 4.81. The summed E-state index contributed by atoms with van der Waals surface area (Å²) >= 11 is 0. The van der Waals surface area contributed by atoms with Crippen LogP contribution < -0.4 is 14.8 Å². The monoisotopic (exact) mass is 470 g/mol. The van der Waals surface area contributed by atoms with Crippen LogP contribution in [0, 0.1) is 12.7 Å². The van der Waals surface area contributed by atoms with Gasteiger partial charge in [-0.25, -0.2) is 14.4 Å². The minimum Gasteiger partial charge on any atom is -0.508 e. The summed E-state index contributed by atoms with van der Waals surface area (Å²) in [6.45, 7) is 5.25. The first kappa shape index (κ1) is 24.0. The Labute approximate surface area is 198 Å². The largest absolute Gasteiger partial charge is 0.508 e. The SMILES string of the molecule is COc1cc2c(Nc3c(F)ccc(O)c3C)ncnc2cc1OCCCN1CCC(OC)CC1. The van der Waals surface area contributed by atoms with Crippen LogP contribution in [-0.4, -0.2) is 66.5 Å². The number of halogens is 1. The second kappa shape index (κ2) is 10.8. The molecule has 2 heterocycles. The quantitative estimate of drug-likeness (QED) is 0.445. The number of aromatic nitrogens is 2. The number of hydrogen-bond donors (Lipinski definition) is 2. The molecule has 1 aromatic heterocycles. The Bertz CT molecular complexity index is 1140. The Morgan fingerprint density at radius 1 is 1.15 bits per heavy atom. The molecule has 182 valence electrons. The normalized spacial score (nSPS) is 14.9. The van der Waals surface area contributed by atoms with E-state index in [-0.39, 0.29) is 11.4 Å². The van der Waals surface area contributed by atoms with Crippen LogP contribution in [0.15, 0.2) is 30.6 Å². The molecule has 0 saturated carbocycles. The number of anilines is 2. The third-order valence-electron chi connectivity index (χ3n) is 6.29. The first-order valence-corrected chi connectivity index (χ1v) is 11.5. The lowest BCUT2D eigenvalue weighted by molar-refractivity contribution is 0.0398. The molecule has 4 rings (SSSR count). The van der Waals surface area contributed by atoms with E-state index in [4.69, 9.17) is 14.2 Å². The van der Waals surface area contributed by atoms with Gasteiger partial charge in [0.15, 0.2) is 11.5 Å². The van der Waals surface area contributed by atoms with Crippen molar-refractivity contribution in [3.8, 4) is 17.2 Å². The van der Waals surface area contributed by atoms with E-state index >= 15 is 0 Å². The maximum absolute atomic E-state index is 14.4. The summed E-state index contributed by atoms with van der Waals surface area (Å²) in [6, 6.07) is 6.11. The van der Waals surface area contributed by atoms with Crippen molar-refractivity contribution in [1.29, 1.82) is 0 Å². The maximum Gasteiger partial charge on any atom is 0.163 e. The molecule has 9 heteroatoms. The van der Waals surface area contributed by atoms with E-state index in [0.717, 1.165) is 38.9 Å². The zero-order valence-electron chi connectivity index (χ0n) is 19.8. The molecule has 0 atom stereocenters. The van der Waals surface area contributed by atoms with Gasteiger partial charge in [0, 0.05) is 43.8 Å². The minimum atomic E-state index is -0.486. The Morgan fingerprint density at radius 2 is 1.94 bits per heavy atom. The Kier molecular flexibility index (Phi) is 7.64. The smallest absolute Gasteiger partial charge is 0.163 e. The summed E-state index contributed by atoms with van der Waals surface area (Å²) < 4.78 is 31.4. The molecule has 1 fully saturated rings. The van der Waals surface area contributed by atoms with Gasteiger partial charge in [0.1, 0.15) is 23.7 Å². The molecule has 0 radical (unpaired) electrons. The molecular weight excluding hydrogens is 439 g/mol. The lowest BCUT2D eigenvalue weighted by atomic mass is 10.1. The molecule has 2 aromatic carbocycles. The van der Waals surface area contributed by atoms with Crippen LogP contribution in [0.4, 0.5) is 15.9 Å². The zero-order valence-corrected chi connectivity index (χ0v) is 19.8. The van der Waals surface area contributed by atoms with Crippen molar-refractivity contribution < 1.29 is 23.7 Å². The van der Waals surface area contributed by atoms with Gasteiger partial charge in [-0.2, -0.15) is 0 Å². The van der Waals surface area contributed by atoms with Crippen molar-refractivity contribution in [3.05, 3.63) is 42.0 Å². The molecule has 1 aliphatic rings. The molecule has 0 amide bonds. The Hall–Kier alpha value is -3.17. The van der Waals surface area contributed by atoms with Gasteiger partial charge in [-0.3, -0.25) is 0 Å². The van der Waals surface area contributed by atoms with Crippen LogP contribution in [0.3, 0.4) is 0 Å². The van der Waals surface area contributed by atoms with E-state index < -0.39 is 5.82 Å². The molecule has 8 nitrogen and oxygen atoms in total. The van der Waals surface area contributed by atoms with Crippen molar-refractivity contribution in [2.24, 2.45) is 0 Å². The van der Waals surface area contributed by atoms with Gasteiger partial charge in [-0.15, -0.1) is 0 Å². The van der Waals surface area contributed by atoms with Crippen LogP contribution in [0.5, 0.6) is 17.2 Å². The van der Waals surface area contributed by atoms with Gasteiger partial charge in [-0.05, 0) is 44.4 Å². The van der Waals surface area contributed by atoms with Crippen molar-refractivity contribution in [1.82, 2.24) is 14.9 Å². The number of likely N-dealkylation sites (tertiary alicyclic amines) is 1. The van der Waals surface area contributed by atoms with E-state index in [1.54, 1.807) is 33.3 Å². The highest BCUT2D eigenvalue weighted by molar-refractivity contribution is 5.93. The van der Waals surface area contributed by atoms with Crippen molar-refractivity contribution in [3.63, 3.8) is 0 Å². The predicted molar refractivity (Wildman–Crippen MR) is 129 cm³/mol. The molecule has 0 spiro atoms. The van der Waals surface area contributed by atoms with Crippen molar-refractivity contribution >= 4 is 22.4 Å². The number of nitrogens with zero attached hydrogens (tertiary/aromatic N) is 3. The third-order valence-corrected chi connectivity index (χ3v) is 6.29. The van der Waals surface area contributed by atoms with Crippen LogP contribution in [0.1, 0.15) is 24.8 Å². The molecule has 2 N–H and O–H groups in total. The summed E-state index contributed by atoms with van der Waals surface area (Å²) in [5, 5.41) is 13.6. The predicted octanol–water partition coefficient (Wildman–Crippen LogP) is 4.41. The molecule has 1 saturated heterocycles. The number of rotatable bonds is 9. The number of fused-ring (bicyclic) bond motifs is 1. The average Bonchev–Trinajstić information content (AvgIpc) is 2.86. The molecule has 0 bridgehead atoms. The van der Waals surface area contributed by atoms with Gasteiger partial charge < -0.3 is 29.5 Å². The van der Waals surface area contributed by atoms with E-state index in [2.05, 4.69) is 20.2 Å². The van der Waals surface area contributed by atoms with Gasteiger partial charge in [0.05, 0.1) is 31.0 Å². The highest BCUT2D eigenvalue weighted by Gasteiger charge is 2.19. The number of methoxy groups -OCH3 is 2. The van der Waals surface area contributed by atoms with Gasteiger partial charge >= 0.3 is 0 Å². The fraction of sp³-hybridized carbons (Fsp3) is 0.440. The highest BCUT2D eigenvalue weighted by Crippen LogP contribution is 2.36. The highest BCUT2D eigenvalue weighted by atomic mass is 19.1. The number of nitrogens with one attached hydrogen (secondary N) is 1. The fourth-order valence-electron chi connectivity index (χ4n) is 4.21. The van der Waals surface area contributed by atoms with Gasteiger partial charge in [-0.1, -0.05) is 0 Å². The first-order valence-electron chi connectivity index (χ1n) is 11.5. The number of aromatic hydroxyl groups is 1. The summed E-state index contributed by atoms with van der Waals surface area (Å²) in [5.41, 5.74) is 1.19. The summed E-state index contributed by atoms with van der Waals surface area (Å²) in [5.74, 6) is 1.05. The minimum absolute atomic E-state index is 0.00130. The number of ether oxygens (including phenoxy) is 3. The zero-order chi connectivity index (χ0) is 24.1. The standard InChI is InChI=1S/C25H31FN4O4/c1-16-21(31)6-5-19(26)24(16)29-25-18-13-22(33-3)23(14-20(18)27-15-28-25)34-12-4-9-30-10-7-17(32-2)8-11-30/h5-6,13-15,17,31H,4,7-12H2,1-3H3,(H,27,28,29). The fourth-order valence-corrected chi connectivity index (χ4v) is 4.21. The lowest BCUT2D eigenvalue weighted by Crippen LogP contribution is -2.37. The van der Waals surface area contributed by atoms with Crippen LogP contribution in [0.2, 0.25) is 0 Å². The van der Waals surface area contributed by atoms with E-state index in [1.807, 2.05) is 0 Å². The number of phenolic OH excluding ortho intramolecular Hbond substituents is 1. The van der Waals surface area contributed by atoms with Crippen molar-refractivity contribution in [2.45, 2.75) is 32.3 Å². The molecule has 0 aliphatic carbocycles. The van der Waals surface area contributed by atoms with E-state index in [1.165, 1.54) is 18.5 Å². The second-order valence-corrected chi connectivity index (χ2v) is 8.41. The van der Waals surface area contributed by atoms with Crippen LogP contribution >= 0.6 is 0 Å². The van der Waals surface area contributed by atoms with Gasteiger partial charge in [0.25, 0.3) is 0 Å². The number of piperidine rings is 1. The molecule has 34 heavy (non-hydrogen) atoms. The maximum atomic E-state index is 14.4. The van der Waals surface area contributed by atoms with Gasteiger partial charge in [0.2, 0.25) is 0 Å². The third kappa shape index (κ3) is 5.31. The van der Waals surface area contributed by atoms with Crippen molar-refractivity contribution in [2.75, 3.05) is 45.8 Å². The Morgan fingerprint density at radius 3 is 2.68 bits per heavy atom. The first-order chi connectivity index (χ1) is 16.5. The van der Waals surface area contributed by atoms with E-state index in [0.29, 0.717) is 46.5 Å². The number of phenols is 1. The van der Waals surface area contributed by atoms with Crippen LogP contribution in [0.25, 0.3) is 10.9 Å².